The summed E-state index contributed by atoms with van der Waals surface area (Å²) in [7, 11) is 1.93. The summed E-state index contributed by atoms with van der Waals surface area (Å²) in [5.74, 6) is 0. The molecule has 13 heavy (non-hydrogen) atoms. The fraction of sp³-hybridized carbons (Fsp3) is 1.00. The van der Waals surface area contributed by atoms with Crippen molar-refractivity contribution in [1.29, 1.82) is 0 Å². The van der Waals surface area contributed by atoms with Gasteiger partial charge in [-0.3, -0.25) is 5.26 Å². The molecule has 0 bridgehead atoms. The molecule has 0 spiro atoms. The second-order valence-electron chi connectivity index (χ2n) is 3.45. The van der Waals surface area contributed by atoms with Crippen LogP contribution in [0.3, 0.4) is 0 Å². The lowest BCUT2D eigenvalue weighted by atomic mass is 10.2. The summed E-state index contributed by atoms with van der Waals surface area (Å²) >= 11 is 0. The van der Waals surface area contributed by atoms with Crippen LogP contribution in [0.25, 0.3) is 0 Å². The lowest BCUT2D eigenvalue weighted by Crippen LogP contribution is -2.15. The summed E-state index contributed by atoms with van der Waals surface area (Å²) in [4.78, 5) is 3.94. The minimum atomic E-state index is -0.403. The third-order valence-electron chi connectivity index (χ3n) is 0.905. The molecule has 0 aliphatic heterocycles. The molecule has 0 saturated carbocycles. The van der Waals surface area contributed by atoms with E-state index in [9.17, 15) is 0 Å². The predicted molar refractivity (Wildman–Crippen MR) is 62.0 cm³/mol. The average Bonchev–Trinajstić information content (AvgIpc) is 2.01. The highest BCUT2D eigenvalue weighted by Crippen LogP contribution is 2.01. The van der Waals surface area contributed by atoms with Gasteiger partial charge in [-0.25, -0.2) is 4.89 Å². The zero-order valence-corrected chi connectivity index (χ0v) is 8.55. The molecule has 0 aliphatic carbocycles. The highest BCUT2D eigenvalue weighted by molar-refractivity contribution is 4.53. The van der Waals surface area contributed by atoms with Crippen LogP contribution in [0, 0.1) is 0 Å². The average molecular weight is 198 g/mol. The summed E-state index contributed by atoms with van der Waals surface area (Å²) in [5.41, 5.74) is 4.77. The van der Waals surface area contributed by atoms with Gasteiger partial charge in [0.25, 0.3) is 0 Å². The molecule has 0 heterocycles. The van der Waals surface area contributed by atoms with E-state index in [1.807, 2.05) is 7.05 Å². The van der Waals surface area contributed by atoms with Crippen molar-refractivity contribution in [2.24, 2.45) is 5.73 Å². The zero-order valence-electron chi connectivity index (χ0n) is 8.55. The van der Waals surface area contributed by atoms with Crippen LogP contribution in [0.1, 0.15) is 37.5 Å². The SMILES string of the molecule is C.CC(C)(C)OO.CNCCCN.[HH].[HH]. The zero-order chi connectivity index (χ0) is 10.0. The molecule has 0 aromatic rings. The van der Waals surface area contributed by atoms with Crippen molar-refractivity contribution in [1.82, 2.24) is 5.32 Å². The molecule has 0 rings (SSSR count). The number of hydrogen-bond donors (Lipinski definition) is 3. The van der Waals surface area contributed by atoms with Crippen LogP contribution in [0.5, 0.6) is 0 Å². The molecule has 0 aromatic carbocycles. The largest absolute Gasteiger partial charge is 0.330 e. The molecule has 0 radical (unpaired) electrons. The molecule has 0 aliphatic rings. The molecule has 4 heteroatoms. The van der Waals surface area contributed by atoms with Gasteiger partial charge in [0.1, 0.15) is 0 Å². The van der Waals surface area contributed by atoms with Gasteiger partial charge in [0, 0.05) is 2.85 Å². The van der Waals surface area contributed by atoms with Gasteiger partial charge in [0.05, 0.1) is 5.60 Å². The third-order valence-corrected chi connectivity index (χ3v) is 0.905. The van der Waals surface area contributed by atoms with Gasteiger partial charge in [0.15, 0.2) is 0 Å². The van der Waals surface area contributed by atoms with Gasteiger partial charge in [0.2, 0.25) is 0 Å². The van der Waals surface area contributed by atoms with E-state index in [1.165, 1.54) is 0 Å². The van der Waals surface area contributed by atoms with Gasteiger partial charge in [-0.2, -0.15) is 0 Å². The summed E-state index contributed by atoms with van der Waals surface area (Å²) in [6.07, 6.45) is 1.08. The highest BCUT2D eigenvalue weighted by atomic mass is 17.1. The van der Waals surface area contributed by atoms with Crippen LogP contribution in [-0.4, -0.2) is 31.0 Å². The lowest BCUT2D eigenvalue weighted by Gasteiger charge is -2.10. The van der Waals surface area contributed by atoms with Gasteiger partial charge in [-0.15, -0.1) is 0 Å². The lowest BCUT2D eigenvalue weighted by molar-refractivity contribution is -0.306. The maximum absolute atomic E-state index is 7.90. The first-order valence-corrected chi connectivity index (χ1v) is 4.15. The van der Waals surface area contributed by atoms with Gasteiger partial charge in [-0.1, -0.05) is 7.43 Å². The Morgan fingerprint density at radius 3 is 1.92 bits per heavy atom. The molecular formula is C9H30N2O2. The molecule has 0 unspecified atom stereocenters. The Kier molecular flexibility index (Phi) is 16.9. The Balaban J connectivity index is -0.0000000370. The van der Waals surface area contributed by atoms with Gasteiger partial charge in [-0.05, 0) is 47.3 Å². The minimum Gasteiger partial charge on any atom is -0.330 e. The van der Waals surface area contributed by atoms with Crippen molar-refractivity contribution in [2.45, 2.75) is 40.2 Å². The van der Waals surface area contributed by atoms with E-state index in [0.29, 0.717) is 0 Å². The van der Waals surface area contributed by atoms with E-state index in [-0.39, 0.29) is 10.3 Å². The summed E-state index contributed by atoms with van der Waals surface area (Å²) < 4.78 is 0. The third kappa shape index (κ3) is 33.6. The van der Waals surface area contributed by atoms with Crippen LogP contribution in [-0.2, 0) is 4.89 Å². The molecule has 4 N–H and O–H groups in total. The molecular weight excluding hydrogens is 168 g/mol. The second kappa shape index (κ2) is 11.8. The van der Waals surface area contributed by atoms with Gasteiger partial charge >= 0.3 is 0 Å². The van der Waals surface area contributed by atoms with E-state index in [4.69, 9.17) is 11.0 Å². The first kappa shape index (κ1) is 18.6. The highest BCUT2D eigenvalue weighted by Gasteiger charge is 2.06. The van der Waals surface area contributed by atoms with Gasteiger partial charge < -0.3 is 11.1 Å². The second-order valence-corrected chi connectivity index (χ2v) is 3.45. The van der Waals surface area contributed by atoms with E-state index >= 15 is 0 Å². The van der Waals surface area contributed by atoms with Crippen molar-refractivity contribution < 1.29 is 13.0 Å². The van der Waals surface area contributed by atoms with Crippen LogP contribution in [0.4, 0.5) is 0 Å². The number of nitrogens with one attached hydrogen (secondary N) is 1. The molecule has 4 nitrogen and oxygen atoms in total. The maximum atomic E-state index is 7.90. The fourth-order valence-electron chi connectivity index (χ4n) is 0.279. The van der Waals surface area contributed by atoms with Crippen molar-refractivity contribution in [3.8, 4) is 0 Å². The Hall–Kier alpha value is -0.160. The quantitative estimate of drug-likeness (QED) is 0.368. The number of nitrogens with two attached hydrogens (primary N) is 1. The number of hydrogen-bond acceptors (Lipinski definition) is 4. The molecule has 0 amide bonds. The van der Waals surface area contributed by atoms with Crippen molar-refractivity contribution in [3.05, 3.63) is 0 Å². The van der Waals surface area contributed by atoms with E-state index in [1.54, 1.807) is 20.8 Å². The molecule has 88 valence electrons. The fourth-order valence-corrected chi connectivity index (χ4v) is 0.279. The molecule has 0 fully saturated rings. The molecule has 0 aromatic heterocycles. The normalized spacial score (nSPS) is 9.69. The number of rotatable bonds is 3. The first-order chi connectivity index (χ1) is 5.47. The van der Waals surface area contributed by atoms with Crippen LogP contribution in [0.2, 0.25) is 0 Å². The van der Waals surface area contributed by atoms with E-state index in [2.05, 4.69) is 10.2 Å². The topological polar surface area (TPSA) is 67.5 Å². The molecule has 0 atom stereocenters. The Bertz CT molecular complexity index is 86.7. The van der Waals surface area contributed by atoms with Crippen LogP contribution in [0.15, 0.2) is 0 Å². The monoisotopic (exact) mass is 198 g/mol. The van der Waals surface area contributed by atoms with Crippen LogP contribution < -0.4 is 11.1 Å². The Morgan fingerprint density at radius 2 is 1.85 bits per heavy atom. The first-order valence-electron chi connectivity index (χ1n) is 4.15. The smallest absolute Gasteiger partial charge is 0.0949 e. The maximum Gasteiger partial charge on any atom is 0.0949 e. The van der Waals surface area contributed by atoms with E-state index in [0.717, 1.165) is 19.5 Å². The van der Waals surface area contributed by atoms with Crippen molar-refractivity contribution in [2.75, 3.05) is 20.1 Å². The summed E-state index contributed by atoms with van der Waals surface area (Å²) in [6, 6.07) is 0. The van der Waals surface area contributed by atoms with E-state index < -0.39 is 5.60 Å². The van der Waals surface area contributed by atoms with Crippen LogP contribution >= 0.6 is 0 Å². The van der Waals surface area contributed by atoms with Crippen molar-refractivity contribution in [3.63, 3.8) is 0 Å². The summed E-state index contributed by atoms with van der Waals surface area (Å²) in [6.45, 7) is 7.14. The minimum absolute atomic E-state index is 0. The molecule has 0 saturated heterocycles. The standard InChI is InChI=1S/C4H12N2.C4H10O2.CH4.2H2/c1-6-4-2-3-5;1-4(2,3)6-5;;;/h6H,2-5H2,1H3;5H,1-3H3;1H4;2*1H. The Morgan fingerprint density at radius 1 is 1.46 bits per heavy atom. The Labute approximate surface area is 85.4 Å². The summed E-state index contributed by atoms with van der Waals surface area (Å²) in [5, 5.41) is 10.9. The van der Waals surface area contributed by atoms with Crippen molar-refractivity contribution >= 4 is 0 Å². The predicted octanol–water partition coefficient (Wildman–Crippen LogP) is 1.96.